The van der Waals surface area contributed by atoms with E-state index in [4.69, 9.17) is 15.2 Å². The molecule has 0 aliphatic heterocycles. The van der Waals surface area contributed by atoms with Crippen molar-refractivity contribution in [1.29, 1.82) is 0 Å². The Morgan fingerprint density at radius 1 is 1.26 bits per heavy atom. The number of aromatic nitrogens is 2. The lowest BCUT2D eigenvalue weighted by molar-refractivity contribution is 0.355. The number of imidazole rings is 1. The van der Waals surface area contributed by atoms with Crippen LogP contribution < -0.4 is 15.2 Å². The molecule has 1 heterocycles. The lowest BCUT2D eigenvalue weighted by Gasteiger charge is -2.10. The van der Waals surface area contributed by atoms with Gasteiger partial charge in [-0.1, -0.05) is 0 Å². The highest BCUT2D eigenvalue weighted by Gasteiger charge is 2.14. The van der Waals surface area contributed by atoms with E-state index < -0.39 is 0 Å². The predicted octanol–water partition coefficient (Wildman–Crippen LogP) is 2.33. The molecule has 5 nitrogen and oxygen atoms in total. The Labute approximate surface area is 120 Å². The van der Waals surface area contributed by atoms with Crippen LogP contribution >= 0.6 is 15.9 Å². The first-order chi connectivity index (χ1) is 9.12. The average molecular weight is 326 g/mol. The zero-order chi connectivity index (χ0) is 14.0. The van der Waals surface area contributed by atoms with Crippen molar-refractivity contribution in [3.63, 3.8) is 0 Å². The van der Waals surface area contributed by atoms with Crippen LogP contribution in [0.1, 0.15) is 5.69 Å². The minimum absolute atomic E-state index is 0.428. The second-order valence-electron chi connectivity index (χ2n) is 4.01. The van der Waals surface area contributed by atoms with Crippen LogP contribution in [-0.2, 0) is 13.6 Å². The molecule has 102 valence electrons. The van der Waals surface area contributed by atoms with Gasteiger partial charge in [0.2, 0.25) is 0 Å². The van der Waals surface area contributed by atoms with Gasteiger partial charge in [0, 0.05) is 19.2 Å². The van der Waals surface area contributed by atoms with E-state index in [1.54, 1.807) is 14.2 Å². The first kappa shape index (κ1) is 13.9. The van der Waals surface area contributed by atoms with E-state index >= 15 is 0 Å². The lowest BCUT2D eigenvalue weighted by Crippen LogP contribution is -2.04. The van der Waals surface area contributed by atoms with Crippen molar-refractivity contribution >= 4 is 15.9 Å². The molecule has 0 saturated carbocycles. The molecule has 6 heteroatoms. The molecule has 0 spiro atoms. The third-order valence-corrected chi connectivity index (χ3v) is 3.63. The summed E-state index contributed by atoms with van der Waals surface area (Å²) in [6, 6.07) is 5.70. The van der Waals surface area contributed by atoms with Crippen molar-refractivity contribution in [2.24, 2.45) is 12.8 Å². The Hall–Kier alpha value is -1.53. The quantitative estimate of drug-likeness (QED) is 0.937. The second-order valence-corrected chi connectivity index (χ2v) is 4.76. The Morgan fingerprint density at radius 3 is 2.47 bits per heavy atom. The molecule has 0 bridgehead atoms. The summed E-state index contributed by atoms with van der Waals surface area (Å²) in [5.74, 6) is 2.19. The molecule has 0 fully saturated rings. The van der Waals surface area contributed by atoms with Gasteiger partial charge in [0.15, 0.2) is 11.5 Å². The van der Waals surface area contributed by atoms with Gasteiger partial charge in [0.1, 0.15) is 10.4 Å². The summed E-state index contributed by atoms with van der Waals surface area (Å²) in [7, 11) is 5.16. The third kappa shape index (κ3) is 2.46. The summed E-state index contributed by atoms with van der Waals surface area (Å²) in [5.41, 5.74) is 7.60. The molecule has 0 aliphatic rings. The molecule has 0 saturated heterocycles. The maximum Gasteiger partial charge on any atom is 0.161 e. The number of rotatable bonds is 4. The van der Waals surface area contributed by atoms with E-state index in [2.05, 4.69) is 20.9 Å². The summed E-state index contributed by atoms with van der Waals surface area (Å²) in [4.78, 5) is 4.49. The van der Waals surface area contributed by atoms with E-state index in [1.807, 2.05) is 29.8 Å². The highest BCUT2D eigenvalue weighted by Crippen LogP contribution is 2.33. The van der Waals surface area contributed by atoms with Gasteiger partial charge in [-0.15, -0.1) is 0 Å². The number of hydrogen-bond acceptors (Lipinski definition) is 4. The highest BCUT2D eigenvalue weighted by atomic mass is 79.9. The van der Waals surface area contributed by atoms with Crippen LogP contribution in [0.5, 0.6) is 11.5 Å². The average Bonchev–Trinajstić information content (AvgIpc) is 2.72. The maximum absolute atomic E-state index is 5.71. The van der Waals surface area contributed by atoms with Crippen molar-refractivity contribution in [3.8, 4) is 22.9 Å². The molecule has 19 heavy (non-hydrogen) atoms. The van der Waals surface area contributed by atoms with Crippen molar-refractivity contribution in [1.82, 2.24) is 9.55 Å². The predicted molar refractivity (Wildman–Crippen MR) is 77.3 cm³/mol. The first-order valence-corrected chi connectivity index (χ1v) is 6.55. The number of ether oxygens (including phenoxy) is 2. The molecular formula is C13H16BrN3O2. The largest absolute Gasteiger partial charge is 0.493 e. The van der Waals surface area contributed by atoms with Gasteiger partial charge in [-0.05, 0) is 34.1 Å². The molecular weight excluding hydrogens is 310 g/mol. The minimum atomic E-state index is 0.428. The summed E-state index contributed by atoms with van der Waals surface area (Å²) in [5, 5.41) is 0. The standard InChI is InChI=1S/C13H16BrN3O2/c1-17-9(7-15)12(14)16-13(17)8-4-5-10(18-2)11(6-8)19-3/h4-6H,7,15H2,1-3H3. The number of hydrogen-bond donors (Lipinski definition) is 1. The van der Waals surface area contributed by atoms with Gasteiger partial charge in [-0.25, -0.2) is 4.98 Å². The normalized spacial score (nSPS) is 10.6. The van der Waals surface area contributed by atoms with Gasteiger partial charge in [0.05, 0.1) is 19.9 Å². The Balaban J connectivity index is 2.53. The molecule has 1 aromatic heterocycles. The van der Waals surface area contributed by atoms with Gasteiger partial charge in [-0.2, -0.15) is 0 Å². The van der Waals surface area contributed by atoms with Gasteiger partial charge in [-0.3, -0.25) is 0 Å². The van der Waals surface area contributed by atoms with Crippen LogP contribution in [0, 0.1) is 0 Å². The molecule has 2 aromatic rings. The summed E-state index contributed by atoms with van der Waals surface area (Å²) < 4.78 is 13.3. The van der Waals surface area contributed by atoms with E-state index in [9.17, 15) is 0 Å². The topological polar surface area (TPSA) is 62.3 Å². The van der Waals surface area contributed by atoms with Crippen LogP contribution in [0.3, 0.4) is 0 Å². The SMILES string of the molecule is COc1ccc(-c2nc(Br)c(CN)n2C)cc1OC. The molecule has 0 unspecified atom stereocenters. The van der Waals surface area contributed by atoms with E-state index in [0.717, 1.165) is 21.7 Å². The summed E-state index contributed by atoms with van der Waals surface area (Å²) >= 11 is 3.42. The highest BCUT2D eigenvalue weighted by molar-refractivity contribution is 9.10. The van der Waals surface area contributed by atoms with E-state index in [1.165, 1.54) is 0 Å². The second kappa shape index (κ2) is 5.63. The monoisotopic (exact) mass is 325 g/mol. The number of nitrogens with two attached hydrogens (primary N) is 1. The molecule has 0 atom stereocenters. The van der Waals surface area contributed by atoms with Crippen molar-refractivity contribution in [2.75, 3.05) is 14.2 Å². The van der Waals surface area contributed by atoms with E-state index in [-0.39, 0.29) is 0 Å². The van der Waals surface area contributed by atoms with Crippen molar-refractivity contribution in [3.05, 3.63) is 28.5 Å². The van der Waals surface area contributed by atoms with Crippen LogP contribution in [0.2, 0.25) is 0 Å². The van der Waals surface area contributed by atoms with Crippen LogP contribution in [0.25, 0.3) is 11.4 Å². The minimum Gasteiger partial charge on any atom is -0.493 e. The first-order valence-electron chi connectivity index (χ1n) is 5.76. The Kier molecular flexibility index (Phi) is 4.11. The number of methoxy groups -OCH3 is 2. The summed E-state index contributed by atoms with van der Waals surface area (Å²) in [6.45, 7) is 0.428. The molecule has 2 rings (SSSR count). The third-order valence-electron chi connectivity index (χ3n) is 3.00. The summed E-state index contributed by atoms with van der Waals surface area (Å²) in [6.07, 6.45) is 0. The molecule has 0 aliphatic carbocycles. The number of benzene rings is 1. The molecule has 0 radical (unpaired) electrons. The number of halogens is 1. The maximum atomic E-state index is 5.71. The van der Waals surface area contributed by atoms with Crippen LogP contribution in [0.4, 0.5) is 0 Å². The fraction of sp³-hybridized carbons (Fsp3) is 0.308. The van der Waals surface area contributed by atoms with Gasteiger partial charge >= 0.3 is 0 Å². The molecule has 2 N–H and O–H groups in total. The molecule has 0 amide bonds. The van der Waals surface area contributed by atoms with Crippen molar-refractivity contribution < 1.29 is 9.47 Å². The fourth-order valence-electron chi connectivity index (χ4n) is 1.95. The van der Waals surface area contributed by atoms with Crippen LogP contribution in [0.15, 0.2) is 22.8 Å². The lowest BCUT2D eigenvalue weighted by atomic mass is 10.2. The van der Waals surface area contributed by atoms with Gasteiger partial charge < -0.3 is 19.8 Å². The molecule has 1 aromatic carbocycles. The Morgan fingerprint density at radius 2 is 1.95 bits per heavy atom. The zero-order valence-corrected chi connectivity index (χ0v) is 12.7. The van der Waals surface area contributed by atoms with Crippen molar-refractivity contribution in [2.45, 2.75) is 6.54 Å². The van der Waals surface area contributed by atoms with Crippen LogP contribution in [-0.4, -0.2) is 23.8 Å². The fourth-order valence-corrected chi connectivity index (χ4v) is 2.55. The zero-order valence-electron chi connectivity index (χ0n) is 11.1. The van der Waals surface area contributed by atoms with E-state index in [0.29, 0.717) is 18.0 Å². The smallest absolute Gasteiger partial charge is 0.161 e. The number of nitrogens with zero attached hydrogens (tertiary/aromatic N) is 2. The Bertz CT molecular complexity index is 596. The van der Waals surface area contributed by atoms with Gasteiger partial charge in [0.25, 0.3) is 0 Å².